The average Bonchev–Trinajstić information content (AvgIpc) is 2.00. The molecule has 1 fully saturated rings. The third-order valence-electron chi connectivity index (χ3n) is 2.59. The Kier molecular flexibility index (Phi) is 3.46. The van der Waals surface area contributed by atoms with E-state index in [1.807, 2.05) is 0 Å². The fourth-order valence-corrected chi connectivity index (χ4v) is 4.91. The van der Waals surface area contributed by atoms with Crippen LogP contribution in [0.4, 0.5) is 0 Å². The van der Waals surface area contributed by atoms with Gasteiger partial charge in [0.2, 0.25) is 0 Å². The molecule has 8 nitrogen and oxygen atoms in total. The molecular formula is C5H13NO7P2. The lowest BCUT2D eigenvalue weighted by atomic mass is 10.1. The molecule has 0 radical (unpaired) electrons. The number of hydrogen-bond donors (Lipinski definition) is 5. The van der Waals surface area contributed by atoms with Gasteiger partial charge in [0.25, 0.3) is 5.02 Å². The van der Waals surface area contributed by atoms with Crippen molar-refractivity contribution in [2.24, 2.45) is 0 Å². The van der Waals surface area contributed by atoms with Gasteiger partial charge in [-0.3, -0.25) is 9.13 Å². The summed E-state index contributed by atoms with van der Waals surface area (Å²) in [7, 11) is -10.3. The molecule has 1 saturated heterocycles. The smallest absolute Gasteiger partial charge is 0.398 e. The van der Waals surface area contributed by atoms with Gasteiger partial charge in [0.15, 0.2) is 0 Å². The second kappa shape index (κ2) is 3.91. The maximum Gasteiger partial charge on any atom is 0.398 e. The second-order valence-corrected chi connectivity index (χ2v) is 7.59. The molecule has 10 heteroatoms. The van der Waals surface area contributed by atoms with Crippen LogP contribution in [0.15, 0.2) is 0 Å². The Labute approximate surface area is 85.8 Å². The van der Waals surface area contributed by atoms with E-state index in [9.17, 15) is 14.3 Å². The Morgan fingerprint density at radius 2 is 1.53 bits per heavy atom. The van der Waals surface area contributed by atoms with Crippen LogP contribution in [0.1, 0.15) is 19.3 Å². The number of hydroxylamine groups is 2. The third-order valence-corrected chi connectivity index (χ3v) is 7.03. The van der Waals surface area contributed by atoms with Crippen LogP contribution in [-0.4, -0.2) is 31.1 Å². The van der Waals surface area contributed by atoms with E-state index in [-0.39, 0.29) is 13.0 Å². The Bertz CT molecular complexity index is 310. The molecule has 0 amide bonds. The number of piperidine rings is 1. The Morgan fingerprint density at radius 3 is 1.80 bits per heavy atom. The van der Waals surface area contributed by atoms with Crippen molar-refractivity contribution in [3.05, 3.63) is 5.21 Å². The van der Waals surface area contributed by atoms with Gasteiger partial charge in [-0.2, -0.15) is 0 Å². The van der Waals surface area contributed by atoms with Gasteiger partial charge in [-0.15, -0.1) is 0 Å². The van der Waals surface area contributed by atoms with Crippen molar-refractivity contribution in [3.63, 3.8) is 0 Å². The molecular weight excluding hydrogens is 248 g/mol. The first kappa shape index (κ1) is 13.3. The summed E-state index contributed by atoms with van der Waals surface area (Å²) >= 11 is 0. The molecule has 5 N–H and O–H groups in total. The van der Waals surface area contributed by atoms with E-state index >= 15 is 0 Å². The Balaban J connectivity index is 3.30. The summed E-state index contributed by atoms with van der Waals surface area (Å²) in [5.41, 5.74) is 0. The minimum absolute atomic E-state index is 0.198. The first-order valence-corrected chi connectivity index (χ1v) is 7.50. The fourth-order valence-electron chi connectivity index (χ4n) is 1.78. The predicted molar refractivity (Wildman–Crippen MR) is 49.9 cm³/mol. The summed E-state index contributed by atoms with van der Waals surface area (Å²) in [6.45, 7) is -0.198. The van der Waals surface area contributed by atoms with Crippen molar-refractivity contribution >= 4 is 15.2 Å². The Hall–Kier alpha value is 0.220. The van der Waals surface area contributed by atoms with Crippen molar-refractivity contribution in [1.29, 1.82) is 0 Å². The molecule has 0 saturated carbocycles. The van der Waals surface area contributed by atoms with Crippen LogP contribution in [0.5, 0.6) is 0 Å². The monoisotopic (exact) mass is 261 g/mol. The molecule has 1 aliphatic rings. The maximum atomic E-state index is 11.4. The van der Waals surface area contributed by atoms with Crippen LogP contribution in [0, 0.1) is 5.21 Å². The van der Waals surface area contributed by atoms with Gasteiger partial charge in [0.1, 0.15) is 0 Å². The topological polar surface area (TPSA) is 143 Å². The average molecular weight is 261 g/mol. The molecule has 1 atom stereocenters. The summed E-state index contributed by atoms with van der Waals surface area (Å²) in [5.74, 6) is 0. The molecule has 0 aliphatic carbocycles. The van der Waals surface area contributed by atoms with Gasteiger partial charge < -0.3 is 29.8 Å². The fraction of sp³-hybridized carbons (Fsp3) is 1.00. The summed E-state index contributed by atoms with van der Waals surface area (Å²) in [5, 5.41) is 7.60. The van der Waals surface area contributed by atoms with E-state index in [0.717, 1.165) is 0 Å². The van der Waals surface area contributed by atoms with E-state index in [4.69, 9.17) is 19.6 Å². The molecule has 1 unspecified atom stereocenters. The van der Waals surface area contributed by atoms with Crippen molar-refractivity contribution in [3.8, 4) is 0 Å². The SMILES string of the molecule is O=P(O)(O)C1(P(=O)(O)O)CCCC[NH+]1[O-]. The van der Waals surface area contributed by atoms with E-state index in [2.05, 4.69) is 0 Å². The van der Waals surface area contributed by atoms with Crippen molar-refractivity contribution in [1.82, 2.24) is 0 Å². The molecule has 0 aromatic rings. The number of rotatable bonds is 2. The predicted octanol–water partition coefficient (Wildman–Crippen LogP) is -1.44. The van der Waals surface area contributed by atoms with Crippen LogP contribution in [0.25, 0.3) is 0 Å². The van der Waals surface area contributed by atoms with E-state index < -0.39 is 31.7 Å². The van der Waals surface area contributed by atoms with Gasteiger partial charge in [-0.1, -0.05) is 0 Å². The van der Waals surface area contributed by atoms with E-state index in [1.165, 1.54) is 0 Å². The first-order valence-electron chi connectivity index (χ1n) is 4.27. The van der Waals surface area contributed by atoms with Gasteiger partial charge in [-0.05, 0) is 12.8 Å². The molecule has 0 spiro atoms. The third kappa shape index (κ3) is 2.05. The lowest BCUT2D eigenvalue weighted by Gasteiger charge is -2.45. The lowest BCUT2D eigenvalue weighted by molar-refractivity contribution is -0.880. The lowest BCUT2D eigenvalue weighted by Crippen LogP contribution is -3.16. The summed E-state index contributed by atoms with van der Waals surface area (Å²) in [6, 6.07) is 0. The molecule has 90 valence electrons. The number of quaternary nitrogens is 1. The maximum absolute atomic E-state index is 11.4. The van der Waals surface area contributed by atoms with Gasteiger partial charge >= 0.3 is 15.2 Å². The molecule has 0 aromatic heterocycles. The highest BCUT2D eigenvalue weighted by atomic mass is 31.2. The first-order chi connectivity index (χ1) is 6.63. The van der Waals surface area contributed by atoms with Crippen LogP contribution in [0.2, 0.25) is 0 Å². The highest BCUT2D eigenvalue weighted by Crippen LogP contribution is 2.67. The largest absolute Gasteiger partial charge is 0.633 e. The van der Waals surface area contributed by atoms with E-state index in [0.29, 0.717) is 6.42 Å². The highest BCUT2D eigenvalue weighted by Gasteiger charge is 2.66. The highest BCUT2D eigenvalue weighted by molar-refractivity contribution is 7.71. The number of hydrogen-bond acceptors (Lipinski definition) is 3. The van der Waals surface area contributed by atoms with Gasteiger partial charge in [-0.25, -0.2) is 0 Å². The molecule has 15 heavy (non-hydrogen) atoms. The molecule has 0 bridgehead atoms. The van der Waals surface area contributed by atoms with Crippen molar-refractivity contribution in [2.45, 2.75) is 24.3 Å². The Morgan fingerprint density at radius 1 is 1.07 bits per heavy atom. The molecule has 1 heterocycles. The normalized spacial score (nSPS) is 27.7. The zero-order valence-electron chi connectivity index (χ0n) is 7.74. The summed E-state index contributed by atoms with van der Waals surface area (Å²) < 4.78 is 22.3. The van der Waals surface area contributed by atoms with Crippen molar-refractivity contribution in [2.75, 3.05) is 6.54 Å². The number of nitrogens with one attached hydrogen (secondary N) is 1. The molecule has 1 aliphatic heterocycles. The van der Waals surface area contributed by atoms with Crippen LogP contribution >= 0.6 is 15.2 Å². The minimum atomic E-state index is -5.16. The minimum Gasteiger partial charge on any atom is -0.633 e. The zero-order chi connectivity index (χ0) is 11.9. The van der Waals surface area contributed by atoms with E-state index in [1.54, 1.807) is 0 Å². The van der Waals surface area contributed by atoms with Gasteiger partial charge in [0.05, 0.1) is 6.54 Å². The molecule has 0 aromatic carbocycles. The summed E-state index contributed by atoms with van der Waals surface area (Å²) in [6.07, 6.45) is 0.170. The molecule has 1 rings (SSSR count). The van der Waals surface area contributed by atoms with Gasteiger partial charge in [0, 0.05) is 6.42 Å². The standard InChI is InChI=1S/C5H13NO7P2/c7-6-4-2-1-3-5(6,14(8,9)10)15(11,12)13/h6H,1-4H2,(H2,8,9,10)(H2,11,12,13). The van der Waals surface area contributed by atoms with Crippen LogP contribution < -0.4 is 5.06 Å². The second-order valence-electron chi connectivity index (χ2n) is 3.53. The summed E-state index contributed by atoms with van der Waals surface area (Å²) in [4.78, 5) is 36.0. The van der Waals surface area contributed by atoms with Crippen LogP contribution in [0.3, 0.4) is 0 Å². The quantitative estimate of drug-likeness (QED) is 0.302. The van der Waals surface area contributed by atoms with Crippen LogP contribution in [-0.2, 0) is 9.13 Å². The zero-order valence-corrected chi connectivity index (χ0v) is 9.53. The van der Waals surface area contributed by atoms with Crippen molar-refractivity contribution < 1.29 is 33.8 Å².